The number of hydrogen-bond acceptors (Lipinski definition) is 4. The Hall–Kier alpha value is -3.20. The molecule has 0 spiro atoms. The minimum atomic E-state index is -1.82. The van der Waals surface area contributed by atoms with Gasteiger partial charge >= 0.3 is 11.9 Å². The van der Waals surface area contributed by atoms with Gasteiger partial charge in [-0.25, -0.2) is 19.0 Å². The zero-order valence-electron chi connectivity index (χ0n) is 15.7. The smallest absolute Gasteiger partial charge is 0.414 e. The van der Waals surface area contributed by atoms with E-state index in [9.17, 15) is 4.39 Å². The van der Waals surface area contributed by atoms with Crippen molar-refractivity contribution in [3.63, 3.8) is 0 Å². The lowest BCUT2D eigenvalue weighted by Crippen LogP contribution is -2.09. The van der Waals surface area contributed by atoms with Gasteiger partial charge in [0.1, 0.15) is 5.82 Å². The van der Waals surface area contributed by atoms with Crippen molar-refractivity contribution in [3.05, 3.63) is 70.1 Å². The van der Waals surface area contributed by atoms with E-state index in [-0.39, 0.29) is 5.82 Å². The summed E-state index contributed by atoms with van der Waals surface area (Å²) in [5, 5.41) is 18.0. The highest BCUT2D eigenvalue weighted by molar-refractivity contribution is 9.10. The van der Waals surface area contributed by atoms with Crippen LogP contribution in [0.3, 0.4) is 0 Å². The summed E-state index contributed by atoms with van der Waals surface area (Å²) in [4.78, 5) is 22.6. The van der Waals surface area contributed by atoms with Crippen LogP contribution in [0.1, 0.15) is 11.1 Å². The Labute approximate surface area is 175 Å². The number of imidazole rings is 1. The molecule has 0 aliphatic rings. The Morgan fingerprint density at radius 1 is 1.14 bits per heavy atom. The number of benzene rings is 2. The molecule has 0 aliphatic heterocycles. The molecule has 3 rings (SSSR count). The fourth-order valence-corrected chi connectivity index (χ4v) is 2.83. The number of carboxylic acids is 2. The summed E-state index contributed by atoms with van der Waals surface area (Å²) in [5.74, 6) is -3.17. The van der Waals surface area contributed by atoms with Crippen LogP contribution in [0.15, 0.2) is 53.1 Å². The third-order valence-corrected chi connectivity index (χ3v) is 4.46. The molecule has 0 fully saturated rings. The van der Waals surface area contributed by atoms with Crippen molar-refractivity contribution < 1.29 is 24.2 Å². The van der Waals surface area contributed by atoms with Gasteiger partial charge in [0, 0.05) is 23.6 Å². The van der Waals surface area contributed by atoms with Crippen LogP contribution in [0.5, 0.6) is 0 Å². The average molecular weight is 464 g/mol. The quantitative estimate of drug-likeness (QED) is 0.503. The van der Waals surface area contributed by atoms with Crippen molar-refractivity contribution in [3.8, 4) is 11.3 Å². The number of carbonyl (C=O) groups is 2. The zero-order valence-corrected chi connectivity index (χ0v) is 17.3. The van der Waals surface area contributed by atoms with Gasteiger partial charge in [-0.05, 0) is 30.7 Å². The normalized spacial score (nSPS) is 10.1. The van der Waals surface area contributed by atoms with Gasteiger partial charge in [0.15, 0.2) is 0 Å². The molecule has 0 atom stereocenters. The molecule has 0 saturated heterocycles. The number of aromatic nitrogens is 2. The summed E-state index contributed by atoms with van der Waals surface area (Å²) in [6.45, 7) is 2.44. The predicted octanol–water partition coefficient (Wildman–Crippen LogP) is 4.06. The monoisotopic (exact) mass is 463 g/mol. The maximum atomic E-state index is 13.8. The summed E-state index contributed by atoms with van der Waals surface area (Å²) < 4.78 is 16.6. The highest BCUT2D eigenvalue weighted by Crippen LogP contribution is 2.23. The Morgan fingerprint density at radius 3 is 2.34 bits per heavy atom. The van der Waals surface area contributed by atoms with Crippen LogP contribution in [-0.2, 0) is 23.2 Å². The predicted molar refractivity (Wildman–Crippen MR) is 110 cm³/mol. The topological polar surface area (TPSA) is 104 Å². The van der Waals surface area contributed by atoms with E-state index in [2.05, 4.69) is 57.4 Å². The molecular weight excluding hydrogens is 445 g/mol. The molecule has 7 nitrogen and oxygen atoms in total. The van der Waals surface area contributed by atoms with Crippen LogP contribution in [0.4, 0.5) is 10.3 Å². The van der Waals surface area contributed by atoms with E-state index in [0.29, 0.717) is 18.1 Å². The van der Waals surface area contributed by atoms with Gasteiger partial charge in [-0.2, -0.15) is 0 Å². The zero-order chi connectivity index (χ0) is 21.6. The van der Waals surface area contributed by atoms with Gasteiger partial charge in [0.2, 0.25) is 5.95 Å². The molecule has 3 aromatic rings. The summed E-state index contributed by atoms with van der Waals surface area (Å²) in [5.41, 5.74) is 3.94. The Kier molecular flexibility index (Phi) is 7.49. The van der Waals surface area contributed by atoms with E-state index in [1.165, 1.54) is 11.6 Å². The molecule has 0 saturated carbocycles. The van der Waals surface area contributed by atoms with E-state index in [0.717, 1.165) is 15.7 Å². The minimum absolute atomic E-state index is 0.228. The molecule has 0 radical (unpaired) electrons. The van der Waals surface area contributed by atoms with Crippen LogP contribution >= 0.6 is 15.9 Å². The number of hydrogen-bond donors (Lipinski definition) is 3. The number of carboxylic acid groups (broad SMARTS) is 2. The maximum Gasteiger partial charge on any atom is 0.414 e. The molecule has 1 heterocycles. The van der Waals surface area contributed by atoms with Crippen molar-refractivity contribution in [2.24, 2.45) is 7.05 Å². The SMILES string of the molecule is Cc1ccc(-c2cnc(NCc3cc(Br)ccc3F)n2C)cc1.O=C(O)C(=O)O. The molecule has 9 heteroatoms. The van der Waals surface area contributed by atoms with E-state index in [4.69, 9.17) is 19.8 Å². The number of rotatable bonds is 4. The van der Waals surface area contributed by atoms with E-state index < -0.39 is 11.9 Å². The lowest BCUT2D eigenvalue weighted by Gasteiger charge is -2.09. The lowest BCUT2D eigenvalue weighted by molar-refractivity contribution is -0.159. The molecule has 0 aliphatic carbocycles. The van der Waals surface area contributed by atoms with E-state index >= 15 is 0 Å². The van der Waals surface area contributed by atoms with Gasteiger partial charge in [0.25, 0.3) is 0 Å². The summed E-state index contributed by atoms with van der Waals surface area (Å²) >= 11 is 3.36. The Balaban J connectivity index is 0.000000438. The number of nitrogens with one attached hydrogen (secondary N) is 1. The standard InChI is InChI=1S/C18H17BrFN3.C2H2O4/c1-12-3-5-13(6-4-12)17-11-22-18(23(17)2)21-10-14-9-15(19)7-8-16(14)20;3-1(4)2(5)6/h3-9,11H,10H2,1-2H3,(H,21,22);(H,3,4)(H,5,6). The number of aliphatic carboxylic acids is 2. The van der Waals surface area contributed by atoms with Crippen molar-refractivity contribution in [1.82, 2.24) is 9.55 Å². The van der Waals surface area contributed by atoms with Gasteiger partial charge in [-0.3, -0.25) is 0 Å². The fraction of sp³-hybridized carbons (Fsp3) is 0.150. The van der Waals surface area contributed by atoms with Gasteiger partial charge in [-0.1, -0.05) is 45.8 Å². The van der Waals surface area contributed by atoms with Crippen molar-refractivity contribution in [1.29, 1.82) is 0 Å². The highest BCUT2D eigenvalue weighted by Gasteiger charge is 2.09. The third kappa shape index (κ3) is 6.15. The number of anilines is 1. The Morgan fingerprint density at radius 2 is 1.76 bits per heavy atom. The van der Waals surface area contributed by atoms with Crippen LogP contribution in [0, 0.1) is 12.7 Å². The third-order valence-electron chi connectivity index (χ3n) is 3.96. The lowest BCUT2D eigenvalue weighted by atomic mass is 10.1. The molecule has 152 valence electrons. The summed E-state index contributed by atoms with van der Waals surface area (Å²) in [6, 6.07) is 13.2. The summed E-state index contributed by atoms with van der Waals surface area (Å²) in [6.07, 6.45) is 1.82. The first-order valence-electron chi connectivity index (χ1n) is 8.41. The number of halogens is 2. The maximum absolute atomic E-state index is 13.8. The molecule has 29 heavy (non-hydrogen) atoms. The molecule has 0 bridgehead atoms. The number of nitrogens with zero attached hydrogens (tertiary/aromatic N) is 2. The molecule has 0 amide bonds. The van der Waals surface area contributed by atoms with Crippen molar-refractivity contribution in [2.45, 2.75) is 13.5 Å². The van der Waals surface area contributed by atoms with Crippen LogP contribution < -0.4 is 5.32 Å². The first kappa shape index (κ1) is 22.1. The number of aryl methyl sites for hydroxylation is 1. The van der Waals surface area contributed by atoms with Crippen LogP contribution in [-0.4, -0.2) is 31.7 Å². The molecular formula is C20H19BrFN3O4. The fourth-order valence-electron chi connectivity index (χ4n) is 2.42. The van der Waals surface area contributed by atoms with Crippen LogP contribution in [0.2, 0.25) is 0 Å². The highest BCUT2D eigenvalue weighted by atomic mass is 79.9. The second kappa shape index (κ2) is 9.83. The average Bonchev–Trinajstić information content (AvgIpc) is 3.04. The Bertz CT molecular complexity index is 1010. The van der Waals surface area contributed by atoms with Crippen molar-refractivity contribution in [2.75, 3.05) is 5.32 Å². The molecule has 3 N–H and O–H groups in total. The van der Waals surface area contributed by atoms with Gasteiger partial charge in [-0.15, -0.1) is 0 Å². The summed E-state index contributed by atoms with van der Waals surface area (Å²) in [7, 11) is 1.95. The van der Waals surface area contributed by atoms with Gasteiger partial charge in [0.05, 0.1) is 11.9 Å². The van der Waals surface area contributed by atoms with Crippen LogP contribution in [0.25, 0.3) is 11.3 Å². The van der Waals surface area contributed by atoms with E-state index in [1.54, 1.807) is 12.1 Å². The second-order valence-corrected chi connectivity index (χ2v) is 7.01. The minimum Gasteiger partial charge on any atom is -0.473 e. The van der Waals surface area contributed by atoms with Crippen molar-refractivity contribution >= 4 is 33.8 Å². The largest absolute Gasteiger partial charge is 0.473 e. The van der Waals surface area contributed by atoms with Gasteiger partial charge < -0.3 is 20.1 Å². The second-order valence-electron chi connectivity index (χ2n) is 6.09. The molecule has 0 unspecified atom stereocenters. The molecule has 2 aromatic carbocycles. The molecule has 1 aromatic heterocycles. The van der Waals surface area contributed by atoms with E-state index in [1.807, 2.05) is 17.8 Å². The first-order chi connectivity index (χ1) is 13.7. The first-order valence-corrected chi connectivity index (χ1v) is 9.21.